The number of halogens is 4. The summed E-state index contributed by atoms with van der Waals surface area (Å²) in [4.78, 5) is 5.29. The van der Waals surface area contributed by atoms with Gasteiger partial charge in [-0.25, -0.2) is 17.8 Å². The van der Waals surface area contributed by atoms with Crippen LogP contribution in [-0.2, 0) is 23.2 Å². The van der Waals surface area contributed by atoms with Crippen LogP contribution in [0.5, 0.6) is 0 Å². The van der Waals surface area contributed by atoms with Crippen LogP contribution in [0.3, 0.4) is 0 Å². The van der Waals surface area contributed by atoms with E-state index in [0.29, 0.717) is 6.07 Å². The number of nitrogens with zero attached hydrogens (tertiary/aromatic N) is 4. The minimum absolute atomic E-state index is 0.00521. The fourth-order valence-corrected chi connectivity index (χ4v) is 4.75. The summed E-state index contributed by atoms with van der Waals surface area (Å²) in [5.74, 6) is -0.976. The molecule has 148 valence electrons. The summed E-state index contributed by atoms with van der Waals surface area (Å²) in [6.07, 6.45) is -1.98. The van der Waals surface area contributed by atoms with E-state index < -0.39 is 33.6 Å². The first-order valence-corrected chi connectivity index (χ1v) is 9.55. The van der Waals surface area contributed by atoms with E-state index in [9.17, 15) is 26.0 Å². The number of aromatic nitrogens is 2. The lowest BCUT2D eigenvalue weighted by atomic mass is 10.1. The van der Waals surface area contributed by atoms with Crippen molar-refractivity contribution in [3.05, 3.63) is 42.1 Å². The number of hydrogen-bond acceptors (Lipinski definition) is 4. The number of imidazole rings is 1. The Kier molecular flexibility index (Phi) is 4.93. The topological polar surface area (TPSA) is 58.4 Å². The number of hydrogen-bond donors (Lipinski definition) is 0. The normalized spacial score (nSPS) is 19.5. The average molecular weight is 406 g/mol. The summed E-state index contributed by atoms with van der Waals surface area (Å²) in [6, 6.07) is 1.91. The van der Waals surface area contributed by atoms with E-state index in [1.165, 1.54) is 26.3 Å². The fourth-order valence-electron chi connectivity index (χ4n) is 3.17. The Hall–Kier alpha value is -2.14. The standard InChI is InChI=1S/C16H18F4N4O2S/c1-11-8-23(14-4-3-12(17)7-13(14)16(18,19)20)5-6-24(11)27(25,26)15-9-22(2)10-21-15/h3-4,7,9-11H,5-6,8H2,1-2H3. The minimum Gasteiger partial charge on any atom is -0.368 e. The van der Waals surface area contributed by atoms with Gasteiger partial charge in [0, 0.05) is 44.6 Å². The predicted molar refractivity (Wildman–Crippen MR) is 90.2 cm³/mol. The molecule has 11 heteroatoms. The van der Waals surface area contributed by atoms with Crippen molar-refractivity contribution >= 4 is 15.7 Å². The molecule has 1 fully saturated rings. The Morgan fingerprint density at radius 2 is 1.93 bits per heavy atom. The minimum atomic E-state index is -4.71. The van der Waals surface area contributed by atoms with E-state index in [-0.39, 0.29) is 30.3 Å². The highest BCUT2D eigenvalue weighted by Gasteiger charge is 2.39. The monoisotopic (exact) mass is 406 g/mol. The maximum atomic E-state index is 13.3. The van der Waals surface area contributed by atoms with Crippen molar-refractivity contribution in [1.29, 1.82) is 0 Å². The molecule has 27 heavy (non-hydrogen) atoms. The van der Waals surface area contributed by atoms with E-state index in [4.69, 9.17) is 0 Å². The molecule has 3 rings (SSSR count). The molecule has 1 unspecified atom stereocenters. The molecule has 0 aliphatic carbocycles. The number of aryl methyl sites for hydroxylation is 1. The smallest absolute Gasteiger partial charge is 0.368 e. The zero-order valence-corrected chi connectivity index (χ0v) is 15.4. The van der Waals surface area contributed by atoms with Crippen LogP contribution in [0.2, 0.25) is 0 Å². The largest absolute Gasteiger partial charge is 0.418 e. The lowest BCUT2D eigenvalue weighted by Gasteiger charge is -2.40. The third-order valence-corrected chi connectivity index (χ3v) is 6.32. The first-order valence-electron chi connectivity index (χ1n) is 8.11. The number of rotatable bonds is 3. The number of anilines is 1. The van der Waals surface area contributed by atoms with Crippen LogP contribution in [0.15, 0.2) is 35.7 Å². The number of sulfonamides is 1. The molecular weight excluding hydrogens is 388 g/mol. The highest BCUT2D eigenvalue weighted by atomic mass is 32.2. The molecule has 0 amide bonds. The van der Waals surface area contributed by atoms with Crippen molar-refractivity contribution in [3.8, 4) is 0 Å². The Morgan fingerprint density at radius 1 is 1.22 bits per heavy atom. The molecule has 1 aromatic carbocycles. The molecule has 0 radical (unpaired) electrons. The second kappa shape index (κ2) is 6.79. The zero-order valence-electron chi connectivity index (χ0n) is 14.6. The number of piperazine rings is 1. The molecule has 1 aliphatic heterocycles. The van der Waals surface area contributed by atoms with Gasteiger partial charge in [0.05, 0.1) is 11.9 Å². The lowest BCUT2D eigenvalue weighted by molar-refractivity contribution is -0.137. The highest BCUT2D eigenvalue weighted by molar-refractivity contribution is 7.89. The maximum absolute atomic E-state index is 13.3. The van der Waals surface area contributed by atoms with Crippen LogP contribution >= 0.6 is 0 Å². The van der Waals surface area contributed by atoms with E-state index >= 15 is 0 Å². The van der Waals surface area contributed by atoms with Crippen LogP contribution in [0.4, 0.5) is 23.2 Å². The van der Waals surface area contributed by atoms with Crippen LogP contribution in [0, 0.1) is 5.82 Å². The molecule has 1 aromatic heterocycles. The number of alkyl halides is 3. The van der Waals surface area contributed by atoms with E-state index in [2.05, 4.69) is 4.98 Å². The summed E-state index contributed by atoms with van der Waals surface area (Å²) >= 11 is 0. The second-order valence-electron chi connectivity index (χ2n) is 6.45. The van der Waals surface area contributed by atoms with Gasteiger partial charge in [0.1, 0.15) is 5.82 Å². The first-order chi connectivity index (χ1) is 12.5. The van der Waals surface area contributed by atoms with Crippen molar-refractivity contribution in [2.24, 2.45) is 7.05 Å². The molecule has 0 N–H and O–H groups in total. The number of benzene rings is 1. The second-order valence-corrected chi connectivity index (χ2v) is 8.28. The van der Waals surface area contributed by atoms with Gasteiger partial charge in [-0.15, -0.1) is 0 Å². The molecule has 1 saturated heterocycles. The maximum Gasteiger partial charge on any atom is 0.418 e. The molecular formula is C16H18F4N4O2S. The van der Waals surface area contributed by atoms with Gasteiger partial charge in [-0.2, -0.15) is 17.5 Å². The fraction of sp³-hybridized carbons (Fsp3) is 0.438. The van der Waals surface area contributed by atoms with Crippen molar-refractivity contribution in [2.45, 2.75) is 24.2 Å². The summed E-state index contributed by atoms with van der Waals surface area (Å²) in [5, 5.41) is -0.108. The quantitative estimate of drug-likeness (QED) is 0.735. The third-order valence-electron chi connectivity index (χ3n) is 4.43. The Labute approximate surface area is 154 Å². The third kappa shape index (κ3) is 3.79. The van der Waals surface area contributed by atoms with Crippen LogP contribution in [-0.4, -0.2) is 48.0 Å². The van der Waals surface area contributed by atoms with Gasteiger partial charge in [-0.1, -0.05) is 0 Å². The predicted octanol–water partition coefficient (Wildman–Crippen LogP) is 2.48. The van der Waals surface area contributed by atoms with Gasteiger partial charge >= 0.3 is 6.18 Å². The molecule has 6 nitrogen and oxygen atoms in total. The molecule has 0 saturated carbocycles. The van der Waals surface area contributed by atoms with Crippen LogP contribution in [0.1, 0.15) is 12.5 Å². The van der Waals surface area contributed by atoms with Crippen molar-refractivity contribution < 1.29 is 26.0 Å². The molecule has 0 spiro atoms. The van der Waals surface area contributed by atoms with E-state index in [0.717, 1.165) is 12.1 Å². The summed E-state index contributed by atoms with van der Waals surface area (Å²) in [6.45, 7) is 1.70. The Bertz CT molecular complexity index is 942. The first kappa shape index (κ1) is 19.6. The van der Waals surface area contributed by atoms with Gasteiger partial charge in [0.15, 0.2) is 5.03 Å². The zero-order chi connectivity index (χ0) is 20.0. The Morgan fingerprint density at radius 3 is 2.48 bits per heavy atom. The van der Waals surface area contributed by atoms with Gasteiger partial charge in [0.25, 0.3) is 10.0 Å². The molecule has 2 aromatic rings. The van der Waals surface area contributed by atoms with E-state index in [1.54, 1.807) is 14.0 Å². The average Bonchev–Trinajstić information content (AvgIpc) is 3.01. The molecule has 0 bridgehead atoms. The van der Waals surface area contributed by atoms with Crippen molar-refractivity contribution in [2.75, 3.05) is 24.5 Å². The summed E-state index contributed by atoms with van der Waals surface area (Å²) < 4.78 is 81.3. The van der Waals surface area contributed by atoms with E-state index in [1.807, 2.05) is 0 Å². The molecule has 1 aliphatic rings. The summed E-state index contributed by atoms with van der Waals surface area (Å²) in [7, 11) is -2.21. The molecule has 2 heterocycles. The summed E-state index contributed by atoms with van der Waals surface area (Å²) in [5.41, 5.74) is -1.23. The van der Waals surface area contributed by atoms with Crippen LogP contribution < -0.4 is 4.90 Å². The van der Waals surface area contributed by atoms with Crippen molar-refractivity contribution in [3.63, 3.8) is 0 Å². The van der Waals surface area contributed by atoms with Gasteiger partial charge in [-0.3, -0.25) is 0 Å². The Balaban J connectivity index is 1.86. The van der Waals surface area contributed by atoms with Gasteiger partial charge in [-0.05, 0) is 25.1 Å². The highest BCUT2D eigenvalue weighted by Crippen LogP contribution is 2.38. The molecule has 1 atom stereocenters. The SMILES string of the molecule is CC1CN(c2ccc(F)cc2C(F)(F)F)CCN1S(=O)(=O)c1cn(C)cn1. The van der Waals surface area contributed by atoms with Gasteiger partial charge < -0.3 is 9.47 Å². The van der Waals surface area contributed by atoms with Crippen molar-refractivity contribution in [1.82, 2.24) is 13.9 Å². The lowest BCUT2D eigenvalue weighted by Crippen LogP contribution is -2.54. The van der Waals surface area contributed by atoms with Gasteiger partial charge in [0.2, 0.25) is 0 Å². The van der Waals surface area contributed by atoms with Crippen LogP contribution in [0.25, 0.3) is 0 Å².